The van der Waals surface area contributed by atoms with Gasteiger partial charge in [-0.15, -0.1) is 0 Å². The summed E-state index contributed by atoms with van der Waals surface area (Å²) in [6, 6.07) is 18.0. The largest absolute Gasteiger partial charge is 0.478 e. The molecule has 2 aromatic carbocycles. The fraction of sp³-hybridized carbons (Fsp3) is 0. The molecule has 4 aromatic rings. The van der Waals surface area contributed by atoms with E-state index in [1.165, 1.54) is 0 Å². The summed E-state index contributed by atoms with van der Waals surface area (Å²) in [6.45, 7) is 0. The predicted octanol–water partition coefficient (Wildman–Crippen LogP) is 6.78. The third kappa shape index (κ3) is 3.86. The Hall–Kier alpha value is -2.89. The van der Waals surface area contributed by atoms with E-state index in [4.69, 9.17) is 16.0 Å². The number of aromatic carboxylic acids is 1. The topological polar surface area (TPSA) is 63.3 Å². The number of rotatable bonds is 4. The van der Waals surface area contributed by atoms with E-state index in [0.29, 0.717) is 33.1 Å². The number of aromatic nitrogens is 1. The van der Waals surface area contributed by atoms with Crippen LogP contribution in [0.25, 0.3) is 34.4 Å². The van der Waals surface area contributed by atoms with Gasteiger partial charge in [0.2, 0.25) is 0 Å². The van der Waals surface area contributed by atoms with Crippen LogP contribution in [0.1, 0.15) is 21.8 Å². The molecular weight excluding hydrogens is 442 g/mol. The summed E-state index contributed by atoms with van der Waals surface area (Å²) in [6.07, 6.45) is 3.49. The van der Waals surface area contributed by atoms with Gasteiger partial charge in [-0.3, -0.25) is 0 Å². The van der Waals surface area contributed by atoms with Gasteiger partial charge in [-0.2, -0.15) is 0 Å². The van der Waals surface area contributed by atoms with E-state index in [9.17, 15) is 9.90 Å². The van der Waals surface area contributed by atoms with Crippen LogP contribution in [-0.2, 0) is 0 Å². The normalized spacial score (nSPS) is 11.4. The smallest absolute Gasteiger partial charge is 0.336 e. The van der Waals surface area contributed by atoms with E-state index in [0.717, 1.165) is 10.0 Å². The monoisotopic (exact) mass is 453 g/mol. The second-order valence-corrected chi connectivity index (χ2v) is 7.46. The molecule has 0 fully saturated rings. The van der Waals surface area contributed by atoms with Gasteiger partial charge in [0, 0.05) is 20.4 Å². The number of carbonyl (C=O) groups is 1. The van der Waals surface area contributed by atoms with Crippen LogP contribution in [0.5, 0.6) is 0 Å². The summed E-state index contributed by atoms with van der Waals surface area (Å²) in [5, 5.41) is 10.8. The molecule has 0 radical (unpaired) electrons. The van der Waals surface area contributed by atoms with Crippen molar-refractivity contribution in [1.82, 2.24) is 4.98 Å². The van der Waals surface area contributed by atoms with E-state index in [2.05, 4.69) is 20.9 Å². The molecule has 0 spiro atoms. The van der Waals surface area contributed by atoms with E-state index in [1.807, 2.05) is 36.4 Å². The Morgan fingerprint density at radius 2 is 1.93 bits per heavy atom. The fourth-order valence-electron chi connectivity index (χ4n) is 2.89. The van der Waals surface area contributed by atoms with Gasteiger partial charge in [-0.05, 0) is 60.7 Å². The number of carboxylic acid groups (broad SMARTS) is 1. The predicted molar refractivity (Wildman–Crippen MR) is 114 cm³/mol. The van der Waals surface area contributed by atoms with Crippen LogP contribution in [-0.4, -0.2) is 16.1 Å². The molecule has 0 bridgehead atoms. The van der Waals surface area contributed by atoms with Crippen LogP contribution in [0.3, 0.4) is 0 Å². The van der Waals surface area contributed by atoms with Crippen LogP contribution in [0.15, 0.2) is 69.6 Å². The highest BCUT2D eigenvalue weighted by atomic mass is 79.9. The number of carboxylic acids is 1. The first-order chi connectivity index (χ1) is 13.5. The first-order valence-electron chi connectivity index (χ1n) is 8.37. The van der Waals surface area contributed by atoms with E-state index in [1.54, 1.807) is 36.4 Å². The molecule has 138 valence electrons. The van der Waals surface area contributed by atoms with Gasteiger partial charge >= 0.3 is 5.97 Å². The Bertz CT molecular complexity index is 1230. The van der Waals surface area contributed by atoms with Crippen molar-refractivity contribution in [2.75, 3.05) is 0 Å². The van der Waals surface area contributed by atoms with Crippen molar-refractivity contribution in [1.29, 1.82) is 0 Å². The molecule has 0 aliphatic carbocycles. The third-order valence-corrected chi connectivity index (χ3v) is 4.90. The van der Waals surface area contributed by atoms with Gasteiger partial charge in [0.1, 0.15) is 11.5 Å². The minimum Gasteiger partial charge on any atom is -0.478 e. The molecule has 1 N–H and O–H groups in total. The Labute approximate surface area is 174 Å². The van der Waals surface area contributed by atoms with Crippen molar-refractivity contribution >= 4 is 56.6 Å². The maximum atomic E-state index is 11.6. The summed E-state index contributed by atoms with van der Waals surface area (Å²) in [5.74, 6) is 0.329. The maximum absolute atomic E-state index is 11.6. The molecule has 2 heterocycles. The van der Waals surface area contributed by atoms with Crippen LogP contribution in [0.2, 0.25) is 5.02 Å². The summed E-state index contributed by atoms with van der Waals surface area (Å²) >= 11 is 9.39. The Kier molecular flexibility index (Phi) is 5.03. The fourth-order valence-corrected chi connectivity index (χ4v) is 3.44. The zero-order chi connectivity index (χ0) is 19.7. The molecule has 0 aliphatic heterocycles. The van der Waals surface area contributed by atoms with Crippen molar-refractivity contribution in [3.63, 3.8) is 0 Å². The average Bonchev–Trinajstić information content (AvgIpc) is 3.15. The highest BCUT2D eigenvalue weighted by Crippen LogP contribution is 2.26. The molecular formula is C22H13BrClNO3. The van der Waals surface area contributed by atoms with E-state index in [-0.39, 0.29) is 5.56 Å². The molecule has 2 aromatic heterocycles. The summed E-state index contributed by atoms with van der Waals surface area (Å²) in [7, 11) is 0. The molecule has 0 aliphatic rings. The zero-order valence-corrected chi connectivity index (χ0v) is 16.7. The average molecular weight is 455 g/mol. The second-order valence-electron chi connectivity index (χ2n) is 6.11. The summed E-state index contributed by atoms with van der Waals surface area (Å²) in [4.78, 5) is 16.2. The highest BCUT2D eigenvalue weighted by molar-refractivity contribution is 9.10. The van der Waals surface area contributed by atoms with Crippen LogP contribution < -0.4 is 0 Å². The number of benzene rings is 2. The minimum absolute atomic E-state index is 0.199. The van der Waals surface area contributed by atoms with Crippen LogP contribution >= 0.6 is 27.5 Å². The van der Waals surface area contributed by atoms with Crippen molar-refractivity contribution in [3.8, 4) is 11.3 Å². The van der Waals surface area contributed by atoms with Crippen molar-refractivity contribution < 1.29 is 14.3 Å². The van der Waals surface area contributed by atoms with Gasteiger partial charge in [-0.25, -0.2) is 9.78 Å². The number of halogens is 2. The highest BCUT2D eigenvalue weighted by Gasteiger charge is 2.11. The lowest BCUT2D eigenvalue weighted by atomic mass is 10.1. The lowest BCUT2D eigenvalue weighted by Gasteiger charge is -2.05. The van der Waals surface area contributed by atoms with Gasteiger partial charge in [0.05, 0.1) is 16.8 Å². The standard InChI is InChI=1S/C22H13BrClNO3/c23-14-4-8-20-18(11-14)19(22(26)27)12-16(25-20)5-6-17-7-9-21(28-17)13-2-1-3-15(24)10-13/h1-12H,(H,26,27)/b6-5+. The first kappa shape index (κ1) is 18.5. The molecule has 0 atom stereocenters. The SMILES string of the molecule is O=C(O)c1cc(/C=C/c2ccc(-c3cccc(Cl)c3)o2)nc2ccc(Br)cc12. The number of fused-ring (bicyclic) bond motifs is 1. The quantitative estimate of drug-likeness (QED) is 0.369. The zero-order valence-electron chi connectivity index (χ0n) is 14.4. The molecule has 0 amide bonds. The maximum Gasteiger partial charge on any atom is 0.336 e. The van der Waals surface area contributed by atoms with E-state index < -0.39 is 5.97 Å². The van der Waals surface area contributed by atoms with Crippen LogP contribution in [0, 0.1) is 0 Å². The van der Waals surface area contributed by atoms with Crippen molar-refractivity contribution in [2.24, 2.45) is 0 Å². The number of hydrogen-bond acceptors (Lipinski definition) is 3. The summed E-state index contributed by atoms with van der Waals surface area (Å²) in [5.41, 5.74) is 2.23. The molecule has 0 saturated heterocycles. The molecule has 6 heteroatoms. The molecule has 28 heavy (non-hydrogen) atoms. The minimum atomic E-state index is -0.999. The van der Waals surface area contributed by atoms with Gasteiger partial charge in [-0.1, -0.05) is 39.7 Å². The second kappa shape index (κ2) is 7.62. The summed E-state index contributed by atoms with van der Waals surface area (Å²) < 4.78 is 6.63. The molecule has 4 rings (SSSR count). The Morgan fingerprint density at radius 1 is 1.07 bits per heavy atom. The first-order valence-corrected chi connectivity index (χ1v) is 9.54. The molecule has 0 unspecified atom stereocenters. The third-order valence-electron chi connectivity index (χ3n) is 4.18. The lowest BCUT2D eigenvalue weighted by Crippen LogP contribution is -2.00. The number of furan rings is 1. The number of pyridine rings is 1. The van der Waals surface area contributed by atoms with Crippen molar-refractivity contribution in [2.45, 2.75) is 0 Å². The Balaban J connectivity index is 1.67. The van der Waals surface area contributed by atoms with Gasteiger partial charge < -0.3 is 9.52 Å². The number of hydrogen-bond donors (Lipinski definition) is 1. The van der Waals surface area contributed by atoms with E-state index >= 15 is 0 Å². The molecule has 4 nitrogen and oxygen atoms in total. The lowest BCUT2D eigenvalue weighted by molar-refractivity contribution is 0.0699. The Morgan fingerprint density at radius 3 is 2.71 bits per heavy atom. The number of nitrogens with zero attached hydrogens (tertiary/aromatic N) is 1. The van der Waals surface area contributed by atoms with Crippen molar-refractivity contribution in [3.05, 3.63) is 87.2 Å². The van der Waals surface area contributed by atoms with Crippen LogP contribution in [0.4, 0.5) is 0 Å². The van der Waals surface area contributed by atoms with Gasteiger partial charge in [0.25, 0.3) is 0 Å². The van der Waals surface area contributed by atoms with Gasteiger partial charge in [0.15, 0.2) is 0 Å². The molecule has 0 saturated carbocycles.